The second-order valence-electron chi connectivity index (χ2n) is 3.94. The van der Waals surface area contributed by atoms with E-state index in [2.05, 4.69) is 5.32 Å². The summed E-state index contributed by atoms with van der Waals surface area (Å²) in [6.45, 7) is 0. The van der Waals surface area contributed by atoms with Gasteiger partial charge in [-0.1, -0.05) is 12.1 Å². The minimum Gasteiger partial charge on any atom is -0.475 e. The Morgan fingerprint density at radius 3 is 2.57 bits per heavy atom. The van der Waals surface area contributed by atoms with Crippen LogP contribution in [0.15, 0.2) is 45.9 Å². The van der Waals surface area contributed by atoms with E-state index >= 15 is 0 Å². The lowest BCUT2D eigenvalue weighted by atomic mass is 10.3. The predicted molar refractivity (Wildman–Crippen MR) is 72.0 cm³/mol. The van der Waals surface area contributed by atoms with Crippen LogP contribution < -0.4 is 5.32 Å². The van der Waals surface area contributed by atoms with Crippen LogP contribution in [0.25, 0.3) is 0 Å². The average molecular weight is 311 g/mol. The van der Waals surface area contributed by atoms with E-state index < -0.39 is 34.2 Å². The van der Waals surface area contributed by atoms with E-state index in [1.807, 2.05) is 0 Å². The third kappa shape index (κ3) is 3.76. The molecule has 0 aliphatic carbocycles. The molecule has 0 aliphatic rings. The smallest absolute Gasteiger partial charge is 0.371 e. The number of amides is 1. The van der Waals surface area contributed by atoms with Crippen LogP contribution in [0.4, 0.5) is 10.1 Å². The molecule has 21 heavy (non-hydrogen) atoms. The topological polar surface area (TPSA) is 96.6 Å². The third-order valence-corrected chi connectivity index (χ3v) is 3.62. The highest BCUT2D eigenvalue weighted by Crippen LogP contribution is 2.15. The van der Waals surface area contributed by atoms with Crippen LogP contribution in [0.3, 0.4) is 0 Å². The molecule has 0 fully saturated rings. The van der Waals surface area contributed by atoms with E-state index in [1.54, 1.807) is 6.07 Å². The first-order chi connectivity index (χ1) is 9.97. The van der Waals surface area contributed by atoms with Gasteiger partial charge in [0.15, 0.2) is 5.09 Å². The minimum atomic E-state index is -1.85. The number of hydrogen-bond acceptors (Lipinski definition) is 4. The van der Waals surface area contributed by atoms with Crippen molar-refractivity contribution in [1.29, 1.82) is 0 Å². The van der Waals surface area contributed by atoms with Crippen LogP contribution in [0.5, 0.6) is 0 Å². The fourth-order valence-electron chi connectivity index (χ4n) is 1.50. The first kappa shape index (κ1) is 14.9. The number of carbonyl (C=O) groups is 2. The Labute approximate surface area is 121 Å². The van der Waals surface area contributed by atoms with Crippen LogP contribution in [0.2, 0.25) is 0 Å². The van der Waals surface area contributed by atoms with Crippen molar-refractivity contribution in [2.75, 3.05) is 11.1 Å². The molecule has 2 N–H and O–H groups in total. The molecule has 2 aromatic rings. The molecule has 0 spiro atoms. The van der Waals surface area contributed by atoms with Crippen LogP contribution in [-0.4, -0.2) is 26.9 Å². The predicted octanol–water partition coefficient (Wildman–Crippen LogP) is 1.86. The fraction of sp³-hybridized carbons (Fsp3) is 0.0769. The molecule has 1 atom stereocenters. The Hall–Kier alpha value is -2.48. The van der Waals surface area contributed by atoms with Crippen molar-refractivity contribution in [2.24, 2.45) is 0 Å². The minimum absolute atomic E-state index is 0.0230. The van der Waals surface area contributed by atoms with E-state index in [0.717, 1.165) is 6.07 Å². The lowest BCUT2D eigenvalue weighted by Gasteiger charge is -2.05. The maximum atomic E-state index is 13.3. The normalized spacial score (nSPS) is 11.9. The van der Waals surface area contributed by atoms with E-state index in [0.29, 0.717) is 0 Å². The van der Waals surface area contributed by atoms with Crippen LogP contribution in [-0.2, 0) is 15.6 Å². The maximum absolute atomic E-state index is 13.3. The largest absolute Gasteiger partial charge is 0.475 e. The Morgan fingerprint density at radius 1 is 1.24 bits per heavy atom. The number of anilines is 1. The molecule has 1 unspecified atom stereocenters. The third-order valence-electron chi connectivity index (χ3n) is 2.43. The standard InChI is InChI=1S/C13H10FNO5S/c14-8-3-1-2-4-9(8)15-11(16)7-21(19)12-6-5-10(20-12)13(17)18/h1-6H,7H2,(H,15,16)(H,17,18). The molecule has 1 aromatic heterocycles. The van der Waals surface area contributed by atoms with Crippen molar-refractivity contribution in [3.05, 3.63) is 48.0 Å². The summed E-state index contributed by atoms with van der Waals surface area (Å²) in [5, 5.41) is 10.8. The lowest BCUT2D eigenvalue weighted by molar-refractivity contribution is -0.113. The van der Waals surface area contributed by atoms with Crippen molar-refractivity contribution in [2.45, 2.75) is 5.09 Å². The summed E-state index contributed by atoms with van der Waals surface area (Å²) in [7, 11) is -1.85. The zero-order valence-electron chi connectivity index (χ0n) is 10.5. The number of carboxylic acids is 1. The van der Waals surface area contributed by atoms with Gasteiger partial charge < -0.3 is 14.8 Å². The van der Waals surface area contributed by atoms with Gasteiger partial charge >= 0.3 is 5.97 Å². The highest BCUT2D eigenvalue weighted by Gasteiger charge is 2.17. The van der Waals surface area contributed by atoms with E-state index in [-0.39, 0.29) is 16.5 Å². The van der Waals surface area contributed by atoms with Crippen molar-refractivity contribution in [1.82, 2.24) is 0 Å². The molecule has 6 nitrogen and oxygen atoms in total. The van der Waals surface area contributed by atoms with Crippen LogP contribution in [0.1, 0.15) is 10.6 Å². The van der Waals surface area contributed by atoms with Crippen LogP contribution in [0, 0.1) is 5.82 Å². The number of nitrogens with one attached hydrogen (secondary N) is 1. The monoisotopic (exact) mass is 311 g/mol. The number of para-hydroxylation sites is 1. The van der Waals surface area contributed by atoms with Gasteiger partial charge in [-0.3, -0.25) is 9.00 Å². The van der Waals surface area contributed by atoms with Crippen LogP contribution >= 0.6 is 0 Å². The SMILES string of the molecule is O=C(CS(=O)c1ccc(C(=O)O)o1)Nc1ccccc1F. The van der Waals surface area contributed by atoms with Gasteiger partial charge in [-0.05, 0) is 24.3 Å². The highest BCUT2D eigenvalue weighted by molar-refractivity contribution is 7.85. The number of benzene rings is 1. The number of carbonyl (C=O) groups excluding carboxylic acids is 1. The molecule has 1 amide bonds. The molecule has 1 heterocycles. The number of furan rings is 1. The Morgan fingerprint density at radius 2 is 1.95 bits per heavy atom. The summed E-state index contributed by atoms with van der Waals surface area (Å²) in [6, 6.07) is 7.92. The zero-order valence-corrected chi connectivity index (χ0v) is 11.4. The Bertz CT molecular complexity index is 712. The first-order valence-corrected chi connectivity index (χ1v) is 7.05. The molecule has 0 aliphatic heterocycles. The molecular formula is C13H10FNO5S. The molecular weight excluding hydrogens is 301 g/mol. The second-order valence-corrected chi connectivity index (χ2v) is 5.32. The lowest BCUT2D eigenvalue weighted by Crippen LogP contribution is -2.20. The first-order valence-electron chi connectivity index (χ1n) is 5.73. The highest BCUT2D eigenvalue weighted by atomic mass is 32.2. The van der Waals surface area contributed by atoms with Gasteiger partial charge in [0.2, 0.25) is 11.7 Å². The van der Waals surface area contributed by atoms with Gasteiger partial charge in [-0.15, -0.1) is 0 Å². The zero-order chi connectivity index (χ0) is 15.4. The molecule has 0 bridgehead atoms. The van der Waals surface area contributed by atoms with Crippen molar-refractivity contribution < 1.29 is 27.7 Å². The summed E-state index contributed by atoms with van der Waals surface area (Å²) >= 11 is 0. The number of halogens is 1. The van der Waals surface area contributed by atoms with E-state index in [1.165, 1.54) is 24.3 Å². The number of rotatable bonds is 5. The van der Waals surface area contributed by atoms with E-state index in [9.17, 15) is 18.2 Å². The summed E-state index contributed by atoms with van der Waals surface area (Å²) in [5.74, 6) is -3.42. The Balaban J connectivity index is 2.00. The number of carboxylic acid groups (broad SMARTS) is 1. The van der Waals surface area contributed by atoms with Gasteiger partial charge in [0.05, 0.1) is 16.5 Å². The molecule has 110 valence electrons. The summed E-state index contributed by atoms with van der Waals surface area (Å²) in [6.07, 6.45) is 0. The fourth-order valence-corrected chi connectivity index (χ4v) is 2.35. The van der Waals surface area contributed by atoms with Crippen molar-refractivity contribution >= 4 is 28.4 Å². The summed E-state index contributed by atoms with van der Waals surface area (Å²) in [4.78, 5) is 22.3. The van der Waals surface area contributed by atoms with Gasteiger partial charge in [-0.2, -0.15) is 0 Å². The average Bonchev–Trinajstić information content (AvgIpc) is 2.91. The van der Waals surface area contributed by atoms with Crippen molar-refractivity contribution in [3.8, 4) is 0 Å². The maximum Gasteiger partial charge on any atom is 0.371 e. The Kier molecular flexibility index (Phi) is 4.49. The molecule has 0 saturated carbocycles. The summed E-state index contributed by atoms with van der Waals surface area (Å²) in [5.41, 5.74) is -0.0230. The van der Waals surface area contributed by atoms with Gasteiger partial charge in [-0.25, -0.2) is 9.18 Å². The molecule has 0 saturated heterocycles. The number of aromatic carboxylic acids is 1. The quantitative estimate of drug-likeness (QED) is 0.878. The van der Waals surface area contributed by atoms with E-state index in [4.69, 9.17) is 9.52 Å². The molecule has 1 aromatic carbocycles. The summed E-state index contributed by atoms with van der Waals surface area (Å²) < 4.78 is 30.0. The molecule has 0 radical (unpaired) electrons. The second kappa shape index (κ2) is 6.31. The molecule has 2 rings (SSSR count). The number of hydrogen-bond donors (Lipinski definition) is 2. The van der Waals surface area contributed by atoms with Gasteiger partial charge in [0, 0.05) is 0 Å². The molecule has 8 heteroatoms. The van der Waals surface area contributed by atoms with Crippen molar-refractivity contribution in [3.63, 3.8) is 0 Å². The van der Waals surface area contributed by atoms with Gasteiger partial charge in [0.1, 0.15) is 11.6 Å². The van der Waals surface area contributed by atoms with Gasteiger partial charge in [0.25, 0.3) is 0 Å².